The van der Waals surface area contributed by atoms with Crippen molar-refractivity contribution in [2.24, 2.45) is 11.7 Å². The summed E-state index contributed by atoms with van der Waals surface area (Å²) >= 11 is 0. The van der Waals surface area contributed by atoms with Gasteiger partial charge in [0.2, 0.25) is 5.91 Å². The molecule has 1 aromatic rings. The first kappa shape index (κ1) is 12.6. The molecule has 1 heterocycles. The van der Waals surface area contributed by atoms with Gasteiger partial charge in [-0.1, -0.05) is 13.8 Å². The van der Waals surface area contributed by atoms with Gasteiger partial charge in [-0.3, -0.25) is 9.89 Å². The summed E-state index contributed by atoms with van der Waals surface area (Å²) < 4.78 is 0. The smallest absolute Gasteiger partial charge is 0.237 e. The summed E-state index contributed by atoms with van der Waals surface area (Å²) in [5.41, 5.74) is 5.70. The molecule has 1 rings (SSSR count). The summed E-state index contributed by atoms with van der Waals surface area (Å²) in [6, 6.07) is -0.426. The SMILES string of the molecule is CC(C)[C@H](N)C(=O)NCCCc1ncn[nH]1. The number of H-pyrrole nitrogens is 1. The minimum atomic E-state index is -0.426. The molecule has 6 nitrogen and oxygen atoms in total. The van der Waals surface area contributed by atoms with Gasteiger partial charge >= 0.3 is 0 Å². The molecule has 4 N–H and O–H groups in total. The Labute approximate surface area is 95.0 Å². The second kappa shape index (κ2) is 6.22. The number of hydrogen-bond acceptors (Lipinski definition) is 4. The lowest BCUT2D eigenvalue weighted by Crippen LogP contribution is -2.44. The molecule has 0 bridgehead atoms. The number of rotatable bonds is 6. The molecular weight excluding hydrogens is 206 g/mol. The third-order valence-electron chi connectivity index (χ3n) is 2.38. The third kappa shape index (κ3) is 3.98. The van der Waals surface area contributed by atoms with Crippen LogP contribution in [0.2, 0.25) is 0 Å². The van der Waals surface area contributed by atoms with E-state index in [0.717, 1.165) is 18.7 Å². The Morgan fingerprint density at radius 1 is 1.62 bits per heavy atom. The Morgan fingerprint density at radius 2 is 2.38 bits per heavy atom. The zero-order chi connectivity index (χ0) is 12.0. The van der Waals surface area contributed by atoms with Crippen molar-refractivity contribution in [3.8, 4) is 0 Å². The van der Waals surface area contributed by atoms with E-state index in [4.69, 9.17) is 5.73 Å². The number of hydrogen-bond donors (Lipinski definition) is 3. The Balaban J connectivity index is 2.13. The molecule has 1 atom stereocenters. The van der Waals surface area contributed by atoms with Gasteiger partial charge in [0, 0.05) is 13.0 Å². The quantitative estimate of drug-likeness (QED) is 0.586. The van der Waals surface area contributed by atoms with Crippen LogP contribution in [0.3, 0.4) is 0 Å². The van der Waals surface area contributed by atoms with Gasteiger partial charge in [-0.2, -0.15) is 5.10 Å². The predicted octanol–water partition coefficient (Wildman–Crippen LogP) is -0.163. The van der Waals surface area contributed by atoms with Crippen LogP contribution in [-0.4, -0.2) is 33.7 Å². The van der Waals surface area contributed by atoms with Gasteiger partial charge in [0.05, 0.1) is 6.04 Å². The van der Waals surface area contributed by atoms with Crippen molar-refractivity contribution in [3.05, 3.63) is 12.2 Å². The first-order valence-electron chi connectivity index (χ1n) is 5.48. The molecule has 1 amide bonds. The van der Waals surface area contributed by atoms with Gasteiger partial charge in [0.15, 0.2) is 0 Å². The first-order valence-corrected chi connectivity index (χ1v) is 5.48. The molecule has 0 saturated carbocycles. The molecule has 0 saturated heterocycles. The van der Waals surface area contributed by atoms with Crippen molar-refractivity contribution in [2.75, 3.05) is 6.54 Å². The topological polar surface area (TPSA) is 96.7 Å². The van der Waals surface area contributed by atoms with E-state index in [9.17, 15) is 4.79 Å². The highest BCUT2D eigenvalue weighted by Crippen LogP contribution is 1.98. The molecular formula is C10H19N5O. The fourth-order valence-corrected chi connectivity index (χ4v) is 1.24. The van der Waals surface area contributed by atoms with Gasteiger partial charge in [0.25, 0.3) is 0 Å². The average molecular weight is 225 g/mol. The van der Waals surface area contributed by atoms with E-state index < -0.39 is 6.04 Å². The lowest BCUT2D eigenvalue weighted by Gasteiger charge is -2.14. The molecule has 16 heavy (non-hydrogen) atoms. The minimum absolute atomic E-state index is 0.0902. The fourth-order valence-electron chi connectivity index (χ4n) is 1.24. The van der Waals surface area contributed by atoms with Crippen LogP contribution in [0.25, 0.3) is 0 Å². The number of carbonyl (C=O) groups excluding carboxylic acids is 1. The summed E-state index contributed by atoms with van der Waals surface area (Å²) in [6.07, 6.45) is 3.07. The monoisotopic (exact) mass is 225 g/mol. The molecule has 0 fully saturated rings. The number of aromatic amines is 1. The summed E-state index contributed by atoms with van der Waals surface area (Å²) in [6.45, 7) is 4.47. The van der Waals surface area contributed by atoms with E-state index in [2.05, 4.69) is 20.5 Å². The van der Waals surface area contributed by atoms with E-state index in [1.54, 1.807) is 0 Å². The fraction of sp³-hybridized carbons (Fsp3) is 0.700. The van der Waals surface area contributed by atoms with Crippen molar-refractivity contribution < 1.29 is 4.79 Å². The molecule has 6 heteroatoms. The lowest BCUT2D eigenvalue weighted by atomic mass is 10.1. The number of nitrogens with zero attached hydrogens (tertiary/aromatic N) is 2. The largest absolute Gasteiger partial charge is 0.355 e. The van der Waals surface area contributed by atoms with Gasteiger partial charge in [-0.15, -0.1) is 0 Å². The molecule has 1 aromatic heterocycles. The third-order valence-corrected chi connectivity index (χ3v) is 2.38. The first-order chi connectivity index (χ1) is 7.61. The van der Waals surface area contributed by atoms with E-state index in [1.165, 1.54) is 6.33 Å². The highest BCUT2D eigenvalue weighted by molar-refractivity contribution is 5.81. The maximum atomic E-state index is 11.5. The standard InChI is InChI=1S/C10H19N5O/c1-7(2)9(11)10(16)12-5-3-4-8-13-6-14-15-8/h6-7,9H,3-5,11H2,1-2H3,(H,12,16)(H,13,14,15)/t9-/m0/s1. The van der Waals surface area contributed by atoms with Gasteiger partial charge in [-0.05, 0) is 12.3 Å². The maximum Gasteiger partial charge on any atom is 0.237 e. The van der Waals surface area contributed by atoms with Crippen LogP contribution in [0, 0.1) is 5.92 Å². The molecule has 0 aliphatic rings. The Morgan fingerprint density at radius 3 is 2.94 bits per heavy atom. The molecule has 0 aromatic carbocycles. The van der Waals surface area contributed by atoms with Gasteiger partial charge < -0.3 is 11.1 Å². The molecule has 90 valence electrons. The number of amides is 1. The molecule has 0 aliphatic carbocycles. The van der Waals surface area contributed by atoms with Crippen LogP contribution in [0.15, 0.2) is 6.33 Å². The number of nitrogens with two attached hydrogens (primary N) is 1. The van der Waals surface area contributed by atoms with Crippen LogP contribution in [-0.2, 0) is 11.2 Å². The zero-order valence-electron chi connectivity index (χ0n) is 9.73. The van der Waals surface area contributed by atoms with Crippen LogP contribution >= 0.6 is 0 Å². The van der Waals surface area contributed by atoms with Crippen molar-refractivity contribution in [1.29, 1.82) is 0 Å². The van der Waals surface area contributed by atoms with Crippen molar-refractivity contribution >= 4 is 5.91 Å². The number of nitrogens with one attached hydrogen (secondary N) is 2. The summed E-state index contributed by atoms with van der Waals surface area (Å²) in [5, 5.41) is 9.31. The van der Waals surface area contributed by atoms with Crippen molar-refractivity contribution in [2.45, 2.75) is 32.7 Å². The van der Waals surface area contributed by atoms with E-state index in [0.29, 0.717) is 6.54 Å². The number of aryl methyl sites for hydroxylation is 1. The molecule has 0 unspecified atom stereocenters. The second-order valence-corrected chi connectivity index (χ2v) is 4.10. The molecule has 0 aliphatic heterocycles. The second-order valence-electron chi connectivity index (χ2n) is 4.10. The Hall–Kier alpha value is -1.43. The summed E-state index contributed by atoms with van der Waals surface area (Å²) in [7, 11) is 0. The lowest BCUT2D eigenvalue weighted by molar-refractivity contribution is -0.123. The highest BCUT2D eigenvalue weighted by atomic mass is 16.2. The average Bonchev–Trinajstić information content (AvgIpc) is 2.75. The molecule has 0 spiro atoms. The van der Waals surface area contributed by atoms with E-state index >= 15 is 0 Å². The zero-order valence-corrected chi connectivity index (χ0v) is 9.73. The van der Waals surface area contributed by atoms with E-state index in [-0.39, 0.29) is 11.8 Å². The predicted molar refractivity (Wildman–Crippen MR) is 60.5 cm³/mol. The highest BCUT2D eigenvalue weighted by Gasteiger charge is 2.15. The Bertz CT molecular complexity index is 309. The van der Waals surface area contributed by atoms with Crippen molar-refractivity contribution in [1.82, 2.24) is 20.5 Å². The van der Waals surface area contributed by atoms with E-state index in [1.807, 2.05) is 13.8 Å². The Kier molecular flexibility index (Phi) is 4.91. The van der Waals surface area contributed by atoms with Crippen LogP contribution in [0.1, 0.15) is 26.1 Å². The summed E-state index contributed by atoms with van der Waals surface area (Å²) in [5.74, 6) is 0.907. The normalized spacial score (nSPS) is 12.8. The van der Waals surface area contributed by atoms with Crippen molar-refractivity contribution in [3.63, 3.8) is 0 Å². The maximum absolute atomic E-state index is 11.5. The minimum Gasteiger partial charge on any atom is -0.355 e. The van der Waals surface area contributed by atoms with Crippen LogP contribution in [0.5, 0.6) is 0 Å². The summed E-state index contributed by atoms with van der Waals surface area (Å²) in [4.78, 5) is 15.5. The number of carbonyl (C=O) groups is 1. The number of aromatic nitrogens is 3. The van der Waals surface area contributed by atoms with Crippen LogP contribution < -0.4 is 11.1 Å². The van der Waals surface area contributed by atoms with Gasteiger partial charge in [-0.25, -0.2) is 4.98 Å². The molecule has 0 radical (unpaired) electrons. The van der Waals surface area contributed by atoms with Gasteiger partial charge in [0.1, 0.15) is 12.2 Å². The van der Waals surface area contributed by atoms with Crippen LogP contribution in [0.4, 0.5) is 0 Å².